The molecule has 7 heterocycles. The zero-order valence-corrected chi connectivity index (χ0v) is 63.1. The van der Waals surface area contributed by atoms with Gasteiger partial charge in [-0.2, -0.15) is 0 Å². The molecule has 32 heteroatoms. The second-order valence-corrected chi connectivity index (χ2v) is 30.2. The minimum atomic E-state index is -2.16. The van der Waals surface area contributed by atoms with E-state index in [0.29, 0.717) is 19.4 Å². The molecule has 7 aliphatic rings. The number of rotatable bonds is 23. The molecule has 5 amide bonds. The molecule has 11 bridgehead atoms. The number of carbonyl (C=O) groups excluding carboxylic acids is 8. The molecule has 30 nitrogen and oxygen atoms in total. The number of phenols is 3. The molecule has 16 N–H and O–H groups in total. The maximum Gasteiger partial charge on any atom is 0.295 e. The Balaban J connectivity index is 1.19. The summed E-state index contributed by atoms with van der Waals surface area (Å²) >= 11 is 14.3. The number of phenolic OH excluding ortho intramolecular Hbond substituents is 3. The highest BCUT2D eigenvalue weighted by molar-refractivity contribution is 6.32. The molecule has 596 valence electrons. The number of ketones is 2. The van der Waals surface area contributed by atoms with Crippen LogP contribution in [0.1, 0.15) is 183 Å². The molecule has 0 saturated carbocycles. The SMILES string of the molecule is CCCCCCCCCNC1(C)C[C@H](O[C@H]2C(Oc3c4cc5cc3Oc3ccc(cc3Cl)[C@@H](O)[C@@H](NC(=O)[C@H](CC)CC(C)C)C(=O)C[C@@H](CC(N)=O)C(=O)N[C@H]5C(=O)C[C@@H]3C(=O)N[C@H](C(=O)N[C@H](OC=O)c5cc(O)cc(O)c5-c5cc3ccc5O)[C@H](O)c3ccc(c(Cl)c3)O4)O[C@H](CO)C(O)C2O)OC(C)[C@H]1O. The third-order valence-electron chi connectivity index (χ3n) is 20.8. The first-order valence-corrected chi connectivity index (χ1v) is 37.7. The lowest BCUT2D eigenvalue weighted by molar-refractivity contribution is -0.334. The third-order valence-corrected chi connectivity index (χ3v) is 21.4. The molecule has 12 rings (SSSR count). The Bertz CT molecular complexity index is 4210. The van der Waals surface area contributed by atoms with Crippen LogP contribution in [0, 0.1) is 17.8 Å². The fourth-order valence-corrected chi connectivity index (χ4v) is 15.2. The van der Waals surface area contributed by atoms with Crippen LogP contribution in [-0.2, 0) is 57.3 Å². The van der Waals surface area contributed by atoms with Crippen molar-refractivity contribution in [3.63, 3.8) is 0 Å². The van der Waals surface area contributed by atoms with Gasteiger partial charge >= 0.3 is 0 Å². The summed E-state index contributed by atoms with van der Waals surface area (Å²) in [6.07, 6.45) is -13.8. The number of hydrogen-bond acceptors (Lipinski definition) is 25. The van der Waals surface area contributed by atoms with E-state index in [1.54, 1.807) is 20.8 Å². The molecule has 5 aromatic rings. The first-order chi connectivity index (χ1) is 52.3. The van der Waals surface area contributed by atoms with Crippen LogP contribution in [0.15, 0.2) is 78.9 Å². The third kappa shape index (κ3) is 19.2. The smallest absolute Gasteiger partial charge is 0.295 e. The number of benzene rings is 5. The van der Waals surface area contributed by atoms with Crippen LogP contribution in [0.5, 0.6) is 46.0 Å². The maximum absolute atomic E-state index is 16.3. The Hall–Kier alpha value is -8.76. The topological polar surface area (TPSA) is 469 Å². The fraction of sp³-hybridized carbons (Fsp3) is 0.513. The van der Waals surface area contributed by atoms with E-state index in [1.165, 1.54) is 36.4 Å². The first kappa shape index (κ1) is 83.7. The monoisotopic (exact) mass is 1570 g/mol. The first-order valence-electron chi connectivity index (χ1n) is 36.9. The summed E-state index contributed by atoms with van der Waals surface area (Å²) in [5.74, 6) is -16.4. The summed E-state index contributed by atoms with van der Waals surface area (Å²) in [4.78, 5) is 117. The number of aliphatic hydroxyl groups excluding tert-OH is 6. The van der Waals surface area contributed by atoms with Crippen LogP contribution in [0.25, 0.3) is 11.1 Å². The number of unbranched alkanes of at least 4 members (excludes halogenated alkanes) is 6. The summed E-state index contributed by atoms with van der Waals surface area (Å²) in [5, 5.41) is 119. The molecule has 0 spiro atoms. The van der Waals surface area contributed by atoms with Crippen molar-refractivity contribution in [2.75, 3.05) is 13.2 Å². The molecule has 18 atom stereocenters. The van der Waals surface area contributed by atoms with E-state index in [4.69, 9.17) is 62.1 Å². The fourth-order valence-electron chi connectivity index (χ4n) is 14.8. The van der Waals surface area contributed by atoms with Gasteiger partial charge in [0.25, 0.3) is 6.47 Å². The average molecular weight is 1570 g/mol. The molecular formula is C78H96Cl2N6O24. The van der Waals surface area contributed by atoms with Gasteiger partial charge in [0.2, 0.25) is 47.8 Å². The molecular weight excluding hydrogens is 1480 g/mol. The molecule has 5 aromatic carbocycles. The van der Waals surface area contributed by atoms with Gasteiger partial charge in [0.05, 0.1) is 40.7 Å². The molecule has 5 unspecified atom stereocenters. The predicted octanol–water partition coefficient (Wildman–Crippen LogP) is 6.95. The molecule has 7 aliphatic heterocycles. The van der Waals surface area contributed by atoms with Crippen molar-refractivity contribution >= 4 is 70.8 Å². The van der Waals surface area contributed by atoms with Crippen molar-refractivity contribution in [3.05, 3.63) is 117 Å². The van der Waals surface area contributed by atoms with E-state index in [1.807, 2.05) is 13.8 Å². The van der Waals surface area contributed by atoms with Crippen molar-refractivity contribution in [2.24, 2.45) is 23.5 Å². The van der Waals surface area contributed by atoms with Crippen molar-refractivity contribution in [1.82, 2.24) is 26.6 Å². The van der Waals surface area contributed by atoms with Crippen molar-refractivity contribution < 1.29 is 117 Å². The molecule has 0 aliphatic carbocycles. The lowest BCUT2D eigenvalue weighted by atomic mass is 9.84. The second-order valence-electron chi connectivity index (χ2n) is 29.4. The van der Waals surface area contributed by atoms with Crippen molar-refractivity contribution in [3.8, 4) is 57.1 Å². The Kier molecular flexibility index (Phi) is 27.8. The number of fused-ring (bicyclic) bond motifs is 15. The van der Waals surface area contributed by atoms with E-state index >= 15 is 19.2 Å². The van der Waals surface area contributed by atoms with Crippen LogP contribution in [0.3, 0.4) is 0 Å². The Labute approximate surface area is 644 Å². The summed E-state index contributed by atoms with van der Waals surface area (Å²) in [5.41, 5.74) is 2.89. The average Bonchev–Trinajstić information content (AvgIpc) is 0.767. The van der Waals surface area contributed by atoms with Gasteiger partial charge in [0.15, 0.2) is 35.5 Å². The minimum absolute atomic E-state index is 0.00919. The number of ether oxygens (including phenoxy) is 7. The molecule has 0 aromatic heterocycles. The summed E-state index contributed by atoms with van der Waals surface area (Å²) < 4.78 is 44.9. The van der Waals surface area contributed by atoms with Crippen LogP contribution in [-0.4, -0.2) is 174 Å². The van der Waals surface area contributed by atoms with Gasteiger partial charge in [-0.25, -0.2) is 0 Å². The van der Waals surface area contributed by atoms with Crippen molar-refractivity contribution in [1.29, 1.82) is 0 Å². The van der Waals surface area contributed by atoms with Crippen LogP contribution >= 0.6 is 23.2 Å². The highest BCUT2D eigenvalue weighted by atomic mass is 35.5. The molecule has 2 fully saturated rings. The Morgan fingerprint density at radius 3 is 1.99 bits per heavy atom. The van der Waals surface area contributed by atoms with E-state index in [-0.39, 0.29) is 79.3 Å². The maximum atomic E-state index is 16.3. The van der Waals surface area contributed by atoms with E-state index in [9.17, 15) is 65.1 Å². The van der Waals surface area contributed by atoms with Gasteiger partial charge in [-0.1, -0.05) is 108 Å². The Morgan fingerprint density at radius 2 is 1.37 bits per heavy atom. The second kappa shape index (κ2) is 36.6. The van der Waals surface area contributed by atoms with Crippen LogP contribution < -0.4 is 46.5 Å². The number of aromatic hydroxyl groups is 3. The predicted molar refractivity (Wildman–Crippen MR) is 394 cm³/mol. The molecule has 0 radical (unpaired) electrons. The van der Waals surface area contributed by atoms with Gasteiger partial charge < -0.3 is 111 Å². The zero-order chi connectivity index (χ0) is 79.7. The molecule has 110 heavy (non-hydrogen) atoms. The van der Waals surface area contributed by atoms with Crippen LogP contribution in [0.4, 0.5) is 0 Å². The number of Topliss-reactive ketones (excluding diaryl/α,β-unsaturated/α-hetero) is 2. The highest BCUT2D eigenvalue weighted by Gasteiger charge is 2.52. The number of aliphatic hydroxyl groups is 6. The number of nitrogens with one attached hydrogen (secondary N) is 5. The lowest BCUT2D eigenvalue weighted by Crippen LogP contribution is -2.65. The molecule has 2 saturated heterocycles. The number of halogens is 2. The summed E-state index contributed by atoms with van der Waals surface area (Å²) in [6, 6.07) is 8.67. The highest BCUT2D eigenvalue weighted by Crippen LogP contribution is 2.51. The minimum Gasteiger partial charge on any atom is -0.508 e. The quantitative estimate of drug-likeness (QED) is 0.0232. The van der Waals surface area contributed by atoms with E-state index in [0.717, 1.165) is 87.4 Å². The zero-order valence-electron chi connectivity index (χ0n) is 61.6. The Morgan fingerprint density at radius 1 is 0.727 bits per heavy atom. The van der Waals surface area contributed by atoms with Crippen LogP contribution in [0.2, 0.25) is 10.0 Å². The van der Waals surface area contributed by atoms with Gasteiger partial charge in [-0.15, -0.1) is 0 Å². The van der Waals surface area contributed by atoms with Gasteiger partial charge in [-0.05, 0) is 122 Å². The number of carbonyl (C=O) groups is 8. The van der Waals surface area contributed by atoms with Crippen molar-refractivity contribution in [2.45, 2.75) is 222 Å². The number of primary amides is 1. The largest absolute Gasteiger partial charge is 0.508 e. The standard InChI is InChI=1S/C78H96Cl2N6O24/c1-7-9-10-11-12-13-14-21-82-78(6)33-60(105-37(5)71(78)99)109-70-68(98)67(97)58(34-87)108-77(70)110-69-56-27-42-28-57(69)107-55-20-17-41(25-49(55)80)66(96)64-75(103)86-76(104-35-88)47-30-44(89)31-51(91)61(47)46-23-39(15-18-50(46)90)45(74(102)85-64)32-53(93)62(42)83-73(101)43(29-59(81)94)26-52(92)63(84-72(100)38(8-2)22-36(3)4)65(95)40-16-19-54(106-56)48(79)24-40/h15-20,23-25,27-28,30-31,35-38,43,45,58,60,62-68,70-71,76-77,82,87,89-91,95-99H,7-14,21-22,26,29,32-34H2,1-6H3,(H2,81,94)(H,83,101)(H,84,100)(H,85,102)(H,86,103)/t37?,38-,43+,45+,58-,60+,62-,63+,64+,65-,66-,67?,68?,70-,71-,76-,77?,78?/m1/s1. The van der Waals surface area contributed by atoms with Gasteiger partial charge in [-0.3, -0.25) is 38.4 Å². The normalized spacial score (nSPS) is 28.1. The number of nitrogens with two attached hydrogens (primary N) is 1. The summed E-state index contributed by atoms with van der Waals surface area (Å²) in [7, 11) is 0. The van der Waals surface area contributed by atoms with E-state index < -0.39 is 211 Å². The van der Waals surface area contributed by atoms with Gasteiger partial charge in [0.1, 0.15) is 77.4 Å². The van der Waals surface area contributed by atoms with E-state index in [2.05, 4.69) is 33.5 Å². The lowest BCUT2D eigenvalue weighted by Gasteiger charge is -2.48. The van der Waals surface area contributed by atoms with Gasteiger partial charge in [0, 0.05) is 59.9 Å². The number of amides is 5. The summed E-state index contributed by atoms with van der Waals surface area (Å²) in [6.45, 7) is 10.6. The number of hydrogen-bond donors (Lipinski definition) is 15.